The van der Waals surface area contributed by atoms with Crippen LogP contribution in [-0.2, 0) is 15.1 Å². The first-order valence-corrected chi connectivity index (χ1v) is 8.02. The van der Waals surface area contributed by atoms with Gasteiger partial charge in [-0.1, -0.05) is 35.5 Å². The zero-order valence-corrected chi connectivity index (χ0v) is 13.8. The Morgan fingerprint density at radius 2 is 2.21 bits per heavy atom. The van der Waals surface area contributed by atoms with Crippen molar-refractivity contribution in [3.05, 3.63) is 47.6 Å². The molecule has 0 unspecified atom stereocenters. The number of nitrogens with zero attached hydrogens (tertiary/aromatic N) is 3. The summed E-state index contributed by atoms with van der Waals surface area (Å²) in [6, 6.07) is 8.86. The Morgan fingerprint density at radius 3 is 2.83 bits per heavy atom. The zero-order valence-electron chi connectivity index (χ0n) is 13.8. The minimum atomic E-state index is -1.25. The average Bonchev–Trinajstić information content (AvgIpc) is 3.17. The summed E-state index contributed by atoms with van der Waals surface area (Å²) in [5.74, 6) is 0.342. The Hall–Kier alpha value is -2.25. The minimum absolute atomic E-state index is 0.193. The highest BCUT2D eigenvalue weighted by Crippen LogP contribution is 2.36. The fourth-order valence-electron chi connectivity index (χ4n) is 3.06. The summed E-state index contributed by atoms with van der Waals surface area (Å²) < 4.78 is 10.4. The van der Waals surface area contributed by atoms with Crippen molar-refractivity contribution in [2.45, 2.75) is 31.9 Å². The van der Waals surface area contributed by atoms with Gasteiger partial charge in [0.25, 0.3) is 5.89 Å². The van der Waals surface area contributed by atoms with Crippen LogP contribution < -0.4 is 0 Å². The van der Waals surface area contributed by atoms with Gasteiger partial charge in [0.2, 0.25) is 0 Å². The average molecular weight is 331 g/mol. The molecule has 0 saturated carbocycles. The molecule has 0 bridgehead atoms. The molecule has 1 aromatic heterocycles. The first-order chi connectivity index (χ1) is 11.5. The smallest absolute Gasteiger partial charge is 0.328 e. The number of rotatable bonds is 5. The van der Waals surface area contributed by atoms with Gasteiger partial charge in [-0.3, -0.25) is 4.90 Å². The standard InChI is InChI=1S/C17H21N3O4/c1-3-23-15(21)14(13-7-5-4-6-8-13)20-10-9-17(22,11-20)16-18-12(2)19-24-16/h4-8,14,22H,3,9-11H2,1-2H3/t14-,17+/m0/s1. The Morgan fingerprint density at radius 1 is 1.46 bits per heavy atom. The first kappa shape index (κ1) is 16.6. The second kappa shape index (κ2) is 6.70. The number of carbonyl (C=O) groups is 1. The van der Waals surface area contributed by atoms with Crippen LogP contribution in [0.5, 0.6) is 0 Å². The zero-order chi connectivity index (χ0) is 17.2. The molecule has 7 heteroatoms. The van der Waals surface area contributed by atoms with Gasteiger partial charge in [0.1, 0.15) is 6.04 Å². The number of carbonyl (C=O) groups excluding carboxylic acids is 1. The normalized spacial score (nSPS) is 22.5. The molecule has 0 radical (unpaired) electrons. The molecule has 1 saturated heterocycles. The molecule has 2 aromatic rings. The number of benzene rings is 1. The molecule has 128 valence electrons. The van der Waals surface area contributed by atoms with Gasteiger partial charge in [-0.15, -0.1) is 0 Å². The lowest BCUT2D eigenvalue weighted by Crippen LogP contribution is -2.37. The SMILES string of the molecule is CCOC(=O)[C@H](c1ccccc1)N1CC[C@](O)(c2nc(C)no2)C1. The van der Waals surface area contributed by atoms with E-state index in [4.69, 9.17) is 9.26 Å². The molecule has 1 N–H and O–H groups in total. The van der Waals surface area contributed by atoms with Crippen molar-refractivity contribution in [1.82, 2.24) is 15.0 Å². The van der Waals surface area contributed by atoms with E-state index in [1.165, 1.54) is 0 Å². The van der Waals surface area contributed by atoms with Crippen LogP contribution in [0.15, 0.2) is 34.9 Å². The Bertz CT molecular complexity index is 703. The number of aromatic nitrogens is 2. The van der Waals surface area contributed by atoms with Crippen molar-refractivity contribution >= 4 is 5.97 Å². The van der Waals surface area contributed by atoms with E-state index >= 15 is 0 Å². The van der Waals surface area contributed by atoms with Crippen molar-refractivity contribution in [3.63, 3.8) is 0 Å². The number of ether oxygens (including phenoxy) is 1. The highest BCUT2D eigenvalue weighted by atomic mass is 16.5. The minimum Gasteiger partial charge on any atom is -0.465 e. The maximum absolute atomic E-state index is 12.5. The van der Waals surface area contributed by atoms with E-state index in [-0.39, 0.29) is 18.4 Å². The van der Waals surface area contributed by atoms with Crippen LogP contribution in [0.1, 0.15) is 36.7 Å². The van der Waals surface area contributed by atoms with Crippen LogP contribution in [0.3, 0.4) is 0 Å². The second-order valence-corrected chi connectivity index (χ2v) is 5.96. The van der Waals surface area contributed by atoms with E-state index in [1.807, 2.05) is 35.2 Å². The van der Waals surface area contributed by atoms with Gasteiger partial charge >= 0.3 is 5.97 Å². The number of likely N-dealkylation sites (tertiary alicyclic amines) is 1. The molecular weight excluding hydrogens is 310 g/mol. The summed E-state index contributed by atoms with van der Waals surface area (Å²) in [5.41, 5.74) is -0.414. The molecule has 0 spiro atoms. The highest BCUT2D eigenvalue weighted by Gasteiger charge is 2.46. The van der Waals surface area contributed by atoms with Crippen LogP contribution in [0.2, 0.25) is 0 Å². The van der Waals surface area contributed by atoms with Crippen molar-refractivity contribution in [2.75, 3.05) is 19.7 Å². The van der Waals surface area contributed by atoms with E-state index < -0.39 is 11.6 Å². The predicted octanol–water partition coefficient (Wildman–Crippen LogP) is 1.58. The third-order valence-electron chi connectivity index (χ3n) is 4.19. The van der Waals surface area contributed by atoms with E-state index in [2.05, 4.69) is 10.1 Å². The summed E-state index contributed by atoms with van der Waals surface area (Å²) in [6.07, 6.45) is 0.414. The van der Waals surface area contributed by atoms with Gasteiger partial charge in [-0.05, 0) is 25.8 Å². The van der Waals surface area contributed by atoms with Gasteiger partial charge in [-0.25, -0.2) is 4.79 Å². The summed E-state index contributed by atoms with van der Waals surface area (Å²) in [7, 11) is 0. The van der Waals surface area contributed by atoms with Crippen LogP contribution in [0, 0.1) is 6.92 Å². The Kier molecular flexibility index (Phi) is 4.64. The highest BCUT2D eigenvalue weighted by molar-refractivity contribution is 5.77. The van der Waals surface area contributed by atoms with E-state index in [0.717, 1.165) is 5.56 Å². The number of esters is 1. The van der Waals surface area contributed by atoms with Crippen LogP contribution in [0.25, 0.3) is 0 Å². The predicted molar refractivity (Wildman–Crippen MR) is 84.9 cm³/mol. The lowest BCUT2D eigenvalue weighted by molar-refractivity contribution is -0.149. The summed E-state index contributed by atoms with van der Waals surface area (Å²) in [4.78, 5) is 18.5. The van der Waals surface area contributed by atoms with Crippen molar-refractivity contribution in [3.8, 4) is 0 Å². The maximum Gasteiger partial charge on any atom is 0.328 e. The van der Waals surface area contributed by atoms with Crippen molar-refractivity contribution < 1.29 is 19.2 Å². The molecule has 24 heavy (non-hydrogen) atoms. The molecule has 1 aliphatic heterocycles. The molecule has 0 amide bonds. The Labute approximate surface area is 140 Å². The van der Waals surface area contributed by atoms with Gasteiger partial charge in [0.05, 0.1) is 6.61 Å². The monoisotopic (exact) mass is 331 g/mol. The van der Waals surface area contributed by atoms with Crippen molar-refractivity contribution in [2.24, 2.45) is 0 Å². The number of aliphatic hydroxyl groups is 1. The molecule has 2 atom stereocenters. The van der Waals surface area contributed by atoms with Gasteiger partial charge in [-0.2, -0.15) is 4.98 Å². The van der Waals surface area contributed by atoms with E-state index in [1.54, 1.807) is 13.8 Å². The molecule has 3 rings (SSSR count). The maximum atomic E-state index is 12.5. The second-order valence-electron chi connectivity index (χ2n) is 5.96. The summed E-state index contributed by atoms with van der Waals surface area (Å²) in [5, 5.41) is 14.6. The molecule has 0 aliphatic carbocycles. The molecule has 1 aromatic carbocycles. The fraction of sp³-hybridized carbons (Fsp3) is 0.471. The molecule has 7 nitrogen and oxygen atoms in total. The number of β-amino-alcohol motifs (C(OH)–C–C–N with tert-alkyl or cyclic N) is 1. The topological polar surface area (TPSA) is 88.7 Å². The van der Waals surface area contributed by atoms with Gasteiger partial charge in [0.15, 0.2) is 11.4 Å². The van der Waals surface area contributed by atoms with Gasteiger partial charge < -0.3 is 14.4 Å². The van der Waals surface area contributed by atoms with Crippen LogP contribution in [0.4, 0.5) is 0 Å². The van der Waals surface area contributed by atoms with Crippen LogP contribution >= 0.6 is 0 Å². The number of aryl methyl sites for hydroxylation is 1. The van der Waals surface area contributed by atoms with Gasteiger partial charge in [0, 0.05) is 13.1 Å². The number of hydrogen-bond donors (Lipinski definition) is 1. The van der Waals surface area contributed by atoms with E-state index in [9.17, 15) is 9.90 Å². The first-order valence-electron chi connectivity index (χ1n) is 8.02. The quantitative estimate of drug-likeness (QED) is 0.832. The summed E-state index contributed by atoms with van der Waals surface area (Å²) in [6.45, 7) is 4.54. The number of hydrogen-bond acceptors (Lipinski definition) is 7. The third kappa shape index (κ3) is 3.18. The van der Waals surface area contributed by atoms with Crippen LogP contribution in [-0.4, -0.2) is 45.8 Å². The molecule has 2 heterocycles. The lowest BCUT2D eigenvalue weighted by Gasteiger charge is -2.27. The third-order valence-corrected chi connectivity index (χ3v) is 4.19. The fourth-order valence-corrected chi connectivity index (χ4v) is 3.06. The van der Waals surface area contributed by atoms with Crippen molar-refractivity contribution in [1.29, 1.82) is 0 Å². The summed E-state index contributed by atoms with van der Waals surface area (Å²) >= 11 is 0. The molecule has 1 fully saturated rings. The molecule has 1 aliphatic rings. The van der Waals surface area contributed by atoms with E-state index in [0.29, 0.717) is 25.4 Å². The Balaban J connectivity index is 1.86. The molecular formula is C17H21N3O4. The largest absolute Gasteiger partial charge is 0.465 e. The lowest BCUT2D eigenvalue weighted by atomic mass is 10.0.